The first-order valence-corrected chi connectivity index (χ1v) is 6.66. The first-order chi connectivity index (χ1) is 8.85. The lowest BCUT2D eigenvalue weighted by molar-refractivity contribution is 0.531. The molecule has 0 bridgehead atoms. The summed E-state index contributed by atoms with van der Waals surface area (Å²) >= 11 is 0. The van der Waals surface area contributed by atoms with Gasteiger partial charge in [-0.2, -0.15) is 0 Å². The van der Waals surface area contributed by atoms with Crippen molar-refractivity contribution in [1.29, 1.82) is 0 Å². The van der Waals surface area contributed by atoms with Gasteiger partial charge in [-0.3, -0.25) is 0 Å². The number of nitrogens with one attached hydrogen (secondary N) is 1. The molecule has 1 N–H and O–H groups in total. The van der Waals surface area contributed by atoms with Gasteiger partial charge >= 0.3 is 0 Å². The fraction of sp³-hybridized carbons (Fsp3) is 0.294. The van der Waals surface area contributed by atoms with Gasteiger partial charge in [-0.25, -0.2) is 0 Å². The summed E-state index contributed by atoms with van der Waals surface area (Å²) in [5, 5.41) is 6.22. The Morgan fingerprint density at radius 3 is 2.72 bits per heavy atom. The molecule has 1 unspecified atom stereocenters. The smallest absolute Gasteiger partial charge is 0.0142 e. The zero-order valence-electron chi connectivity index (χ0n) is 11.0. The molecule has 1 heteroatoms. The topological polar surface area (TPSA) is 12.0 Å². The van der Waals surface area contributed by atoms with Gasteiger partial charge in [0.1, 0.15) is 0 Å². The van der Waals surface area contributed by atoms with E-state index in [0.717, 1.165) is 19.4 Å². The summed E-state index contributed by atoms with van der Waals surface area (Å²) in [7, 11) is 0. The van der Waals surface area contributed by atoms with E-state index in [9.17, 15) is 0 Å². The Labute approximate surface area is 110 Å². The van der Waals surface area contributed by atoms with Gasteiger partial charge in [0.2, 0.25) is 0 Å². The monoisotopic (exact) mass is 239 g/mol. The predicted octanol–water partition coefficient (Wildman–Crippen LogP) is 3.94. The van der Waals surface area contributed by atoms with Gasteiger partial charge in [0.25, 0.3) is 0 Å². The third-order valence-corrected chi connectivity index (χ3v) is 3.29. The maximum Gasteiger partial charge on any atom is 0.0142 e. The van der Waals surface area contributed by atoms with Crippen LogP contribution in [0.25, 0.3) is 10.8 Å². The lowest BCUT2D eigenvalue weighted by atomic mass is 9.97. The second kappa shape index (κ2) is 6.36. The van der Waals surface area contributed by atoms with E-state index in [4.69, 9.17) is 0 Å². The van der Waals surface area contributed by atoms with Crippen LogP contribution < -0.4 is 5.32 Å². The van der Waals surface area contributed by atoms with Gasteiger partial charge in [0.15, 0.2) is 0 Å². The van der Waals surface area contributed by atoms with Crippen molar-refractivity contribution in [3.05, 3.63) is 60.7 Å². The minimum absolute atomic E-state index is 0.485. The molecule has 2 aromatic carbocycles. The zero-order chi connectivity index (χ0) is 12.8. The van der Waals surface area contributed by atoms with Crippen LogP contribution in [0, 0.1) is 0 Å². The van der Waals surface area contributed by atoms with Crippen LogP contribution in [0.5, 0.6) is 0 Å². The van der Waals surface area contributed by atoms with E-state index >= 15 is 0 Å². The van der Waals surface area contributed by atoms with Crippen molar-refractivity contribution in [2.75, 3.05) is 6.54 Å². The zero-order valence-corrected chi connectivity index (χ0v) is 11.0. The van der Waals surface area contributed by atoms with Gasteiger partial charge in [0.05, 0.1) is 0 Å². The van der Waals surface area contributed by atoms with Crippen molar-refractivity contribution >= 4 is 10.8 Å². The average molecular weight is 239 g/mol. The summed E-state index contributed by atoms with van der Waals surface area (Å²) in [5.41, 5.74) is 1.42. The molecule has 0 aliphatic carbocycles. The first-order valence-electron chi connectivity index (χ1n) is 6.66. The van der Waals surface area contributed by atoms with E-state index in [1.807, 2.05) is 6.08 Å². The van der Waals surface area contributed by atoms with Crippen LogP contribution in [-0.2, 0) is 6.42 Å². The Hall–Kier alpha value is -1.60. The molecule has 0 spiro atoms. The van der Waals surface area contributed by atoms with Crippen molar-refractivity contribution in [2.45, 2.75) is 25.8 Å². The van der Waals surface area contributed by atoms with Crippen LogP contribution in [0.15, 0.2) is 55.1 Å². The van der Waals surface area contributed by atoms with Crippen LogP contribution in [0.1, 0.15) is 18.9 Å². The van der Waals surface area contributed by atoms with Crippen LogP contribution in [0.4, 0.5) is 0 Å². The molecule has 0 radical (unpaired) electrons. The molecule has 0 aromatic heterocycles. The Bertz CT molecular complexity index is 511. The number of likely N-dealkylation sites (N-methyl/N-ethyl adjacent to an activating group) is 1. The molecule has 0 amide bonds. The highest BCUT2D eigenvalue weighted by Gasteiger charge is 2.08. The van der Waals surface area contributed by atoms with Gasteiger partial charge in [-0.15, -0.1) is 6.58 Å². The van der Waals surface area contributed by atoms with Crippen LogP contribution in [0.3, 0.4) is 0 Å². The van der Waals surface area contributed by atoms with Crippen molar-refractivity contribution < 1.29 is 0 Å². The highest BCUT2D eigenvalue weighted by molar-refractivity contribution is 5.85. The molecule has 2 rings (SSSR count). The fourth-order valence-electron chi connectivity index (χ4n) is 2.46. The number of hydrogen-bond donors (Lipinski definition) is 1. The van der Waals surface area contributed by atoms with E-state index < -0.39 is 0 Å². The van der Waals surface area contributed by atoms with Gasteiger partial charge in [0, 0.05) is 6.04 Å². The summed E-state index contributed by atoms with van der Waals surface area (Å²) in [6.45, 7) is 7.00. The summed E-state index contributed by atoms with van der Waals surface area (Å²) in [6.07, 6.45) is 4.07. The molecule has 0 saturated carbocycles. The molecule has 1 atom stereocenters. The lowest BCUT2D eigenvalue weighted by Gasteiger charge is -2.17. The van der Waals surface area contributed by atoms with Gasteiger partial charge in [-0.1, -0.05) is 55.5 Å². The van der Waals surface area contributed by atoms with Crippen LogP contribution in [0.2, 0.25) is 0 Å². The second-order valence-corrected chi connectivity index (χ2v) is 4.62. The van der Waals surface area contributed by atoms with Crippen LogP contribution >= 0.6 is 0 Å². The molecule has 0 aliphatic heterocycles. The normalized spacial score (nSPS) is 12.5. The summed E-state index contributed by atoms with van der Waals surface area (Å²) < 4.78 is 0. The third-order valence-electron chi connectivity index (χ3n) is 3.29. The number of benzene rings is 2. The minimum Gasteiger partial charge on any atom is -0.314 e. The molecule has 0 saturated heterocycles. The molecule has 1 nitrogen and oxygen atoms in total. The van der Waals surface area contributed by atoms with E-state index in [-0.39, 0.29) is 0 Å². The maximum absolute atomic E-state index is 3.85. The molecule has 0 fully saturated rings. The van der Waals surface area contributed by atoms with Gasteiger partial charge < -0.3 is 5.32 Å². The Morgan fingerprint density at radius 1 is 1.17 bits per heavy atom. The van der Waals surface area contributed by atoms with E-state index in [1.165, 1.54) is 16.3 Å². The molecule has 2 aromatic rings. The van der Waals surface area contributed by atoms with Crippen molar-refractivity contribution in [2.24, 2.45) is 0 Å². The third kappa shape index (κ3) is 2.99. The minimum atomic E-state index is 0.485. The van der Waals surface area contributed by atoms with Crippen molar-refractivity contribution in [3.8, 4) is 0 Å². The van der Waals surface area contributed by atoms with Gasteiger partial charge in [-0.05, 0) is 35.7 Å². The van der Waals surface area contributed by atoms with Crippen LogP contribution in [-0.4, -0.2) is 12.6 Å². The standard InChI is InChI=1S/C17H21N/c1-3-8-16(18-4-2)13-15-11-7-10-14-9-5-6-12-17(14)15/h3,5-7,9-12,16,18H,1,4,8,13H2,2H3. The predicted molar refractivity (Wildman–Crippen MR) is 79.9 cm³/mol. The lowest BCUT2D eigenvalue weighted by Crippen LogP contribution is -2.30. The fourth-order valence-corrected chi connectivity index (χ4v) is 2.46. The molecular weight excluding hydrogens is 218 g/mol. The number of rotatable bonds is 6. The summed E-state index contributed by atoms with van der Waals surface area (Å²) in [5.74, 6) is 0. The highest BCUT2D eigenvalue weighted by Crippen LogP contribution is 2.20. The molecule has 94 valence electrons. The second-order valence-electron chi connectivity index (χ2n) is 4.62. The average Bonchev–Trinajstić information content (AvgIpc) is 2.40. The Balaban J connectivity index is 2.27. The number of hydrogen-bond acceptors (Lipinski definition) is 1. The highest BCUT2D eigenvalue weighted by atomic mass is 14.9. The summed E-state index contributed by atoms with van der Waals surface area (Å²) in [4.78, 5) is 0. The quantitative estimate of drug-likeness (QED) is 0.753. The van der Waals surface area contributed by atoms with E-state index in [2.05, 4.69) is 61.3 Å². The molecule has 18 heavy (non-hydrogen) atoms. The van der Waals surface area contributed by atoms with Crippen molar-refractivity contribution in [1.82, 2.24) is 5.32 Å². The molecular formula is C17H21N. The Morgan fingerprint density at radius 2 is 1.94 bits per heavy atom. The Kier molecular flexibility index (Phi) is 4.54. The van der Waals surface area contributed by atoms with E-state index in [0.29, 0.717) is 6.04 Å². The summed E-state index contributed by atoms with van der Waals surface area (Å²) in [6, 6.07) is 15.6. The molecule has 0 aliphatic rings. The van der Waals surface area contributed by atoms with Crippen molar-refractivity contribution in [3.63, 3.8) is 0 Å². The SMILES string of the molecule is C=CCC(Cc1cccc2ccccc12)NCC. The molecule has 0 heterocycles. The largest absolute Gasteiger partial charge is 0.314 e. The van der Waals surface area contributed by atoms with E-state index in [1.54, 1.807) is 0 Å². The number of fused-ring (bicyclic) bond motifs is 1. The first kappa shape index (κ1) is 12.8. The maximum atomic E-state index is 3.85.